The Morgan fingerprint density at radius 1 is 1.17 bits per heavy atom. The quantitative estimate of drug-likeness (QED) is 0.126. The van der Waals surface area contributed by atoms with Crippen molar-refractivity contribution in [2.24, 2.45) is 22.7 Å². The van der Waals surface area contributed by atoms with E-state index >= 15 is 0 Å². The maximum atomic E-state index is 7.28. The van der Waals surface area contributed by atoms with E-state index < -0.39 is 8.32 Å². The van der Waals surface area contributed by atoms with Gasteiger partial charge in [0.1, 0.15) is 5.75 Å². The second-order valence-corrected chi connectivity index (χ2v) is 19.4. The molecule has 4 rings (SSSR count). The van der Waals surface area contributed by atoms with Gasteiger partial charge in [0, 0.05) is 5.33 Å². The number of unbranched alkanes of at least 4 members (excludes halogenated alkanes) is 2. The van der Waals surface area contributed by atoms with Crippen molar-refractivity contribution in [1.82, 2.24) is 0 Å². The third-order valence-corrected chi connectivity index (χ3v) is 16.0. The van der Waals surface area contributed by atoms with Gasteiger partial charge < -0.3 is 9.16 Å². The molecule has 4 heteroatoms. The third kappa shape index (κ3) is 4.81. The van der Waals surface area contributed by atoms with Crippen LogP contribution in [0.25, 0.3) is 0 Å². The maximum absolute atomic E-state index is 7.28. The van der Waals surface area contributed by atoms with Gasteiger partial charge in [-0.25, -0.2) is 0 Å². The minimum atomic E-state index is -1.84. The van der Waals surface area contributed by atoms with E-state index in [9.17, 15) is 0 Å². The van der Waals surface area contributed by atoms with Crippen molar-refractivity contribution in [3.05, 3.63) is 42.0 Å². The highest BCUT2D eigenvalue weighted by molar-refractivity contribution is 9.09. The van der Waals surface area contributed by atoms with Crippen LogP contribution in [-0.2, 0) is 10.8 Å². The number of ether oxygens (including phenoxy) is 1. The lowest BCUT2D eigenvalue weighted by atomic mass is 9.44. The largest absolute Gasteiger partial charge is 0.497 e. The van der Waals surface area contributed by atoms with Crippen LogP contribution in [0, 0.1) is 22.7 Å². The fourth-order valence-corrected chi connectivity index (χ4v) is 10.0. The third-order valence-electron chi connectivity index (χ3n) is 11.0. The van der Waals surface area contributed by atoms with Gasteiger partial charge in [-0.15, -0.1) is 6.58 Å². The first kappa shape index (κ1) is 28.4. The number of aryl methyl sites for hydroxylation is 1. The molecule has 0 heterocycles. The number of benzene rings is 1. The van der Waals surface area contributed by atoms with Crippen molar-refractivity contribution >= 4 is 24.2 Å². The Bertz CT molecular complexity index is 937. The van der Waals surface area contributed by atoms with Crippen LogP contribution >= 0.6 is 15.9 Å². The molecule has 0 unspecified atom stereocenters. The highest BCUT2D eigenvalue weighted by atomic mass is 79.9. The molecular weight excluding hydrogens is 524 g/mol. The Hall–Kier alpha value is -0.583. The molecule has 1 aromatic carbocycles. The van der Waals surface area contributed by atoms with Gasteiger partial charge >= 0.3 is 0 Å². The van der Waals surface area contributed by atoms with Crippen molar-refractivity contribution in [3.63, 3.8) is 0 Å². The topological polar surface area (TPSA) is 18.5 Å². The fourth-order valence-electron chi connectivity index (χ4n) is 8.19. The van der Waals surface area contributed by atoms with Crippen LogP contribution in [-0.4, -0.2) is 26.9 Å². The molecule has 3 aliphatic carbocycles. The first-order valence-corrected chi connectivity index (χ1v) is 18.5. The summed E-state index contributed by atoms with van der Waals surface area (Å²) in [5.41, 5.74) is 3.49. The second kappa shape index (κ2) is 10.5. The van der Waals surface area contributed by atoms with Crippen molar-refractivity contribution in [1.29, 1.82) is 0 Å². The average molecular weight is 576 g/mol. The van der Waals surface area contributed by atoms with E-state index in [1.54, 1.807) is 12.7 Å². The molecule has 2 fully saturated rings. The molecule has 0 amide bonds. The minimum Gasteiger partial charge on any atom is -0.497 e. The van der Waals surface area contributed by atoms with Crippen LogP contribution in [0.15, 0.2) is 30.9 Å². The molecule has 1 aromatic rings. The van der Waals surface area contributed by atoms with E-state index in [1.165, 1.54) is 56.9 Å². The van der Waals surface area contributed by atoms with Gasteiger partial charge in [0.2, 0.25) is 0 Å². The molecule has 0 radical (unpaired) electrons. The first-order valence-electron chi connectivity index (χ1n) is 14.5. The number of fused-ring (bicyclic) bond motifs is 5. The smallest absolute Gasteiger partial charge is 0.192 e. The van der Waals surface area contributed by atoms with E-state index in [2.05, 4.69) is 87.6 Å². The standard InChI is InChI=1S/C32H51BrO2Si/c1-9-32-19-18-23-21-25(34-6)14-15-26(23)29(32)24(13-11-10-12-20-33)22-31(5)27(32)16-17-28(31)35-36(7,8)30(2,3)4/h9,14-15,21,24,27-29H,1,10-13,16-20,22H2,2-8H3/t24-,27+,28-,29+,31-,32-/m0/s1. The summed E-state index contributed by atoms with van der Waals surface area (Å²) in [5, 5.41) is 1.36. The van der Waals surface area contributed by atoms with Crippen molar-refractivity contribution < 1.29 is 9.16 Å². The van der Waals surface area contributed by atoms with Crippen LogP contribution in [0.2, 0.25) is 18.1 Å². The molecule has 202 valence electrons. The van der Waals surface area contributed by atoms with Crippen LogP contribution in [0.5, 0.6) is 5.75 Å². The number of hydrogen-bond acceptors (Lipinski definition) is 2. The van der Waals surface area contributed by atoms with Gasteiger partial charge in [-0.05, 0) is 115 Å². The highest BCUT2D eigenvalue weighted by Crippen LogP contribution is 2.70. The lowest BCUT2D eigenvalue weighted by Gasteiger charge is -2.61. The van der Waals surface area contributed by atoms with Gasteiger partial charge in [-0.3, -0.25) is 0 Å². The molecule has 6 atom stereocenters. The summed E-state index contributed by atoms with van der Waals surface area (Å²) < 4.78 is 12.9. The molecule has 0 N–H and O–H groups in total. The van der Waals surface area contributed by atoms with E-state index in [4.69, 9.17) is 9.16 Å². The van der Waals surface area contributed by atoms with E-state index in [-0.39, 0.29) is 15.9 Å². The lowest BCUT2D eigenvalue weighted by Crippen LogP contribution is -2.56. The molecule has 3 aliphatic rings. The predicted octanol–water partition coefficient (Wildman–Crippen LogP) is 9.68. The van der Waals surface area contributed by atoms with Gasteiger partial charge in [0.05, 0.1) is 13.2 Å². The summed E-state index contributed by atoms with van der Waals surface area (Å²) in [6, 6.07) is 6.92. The van der Waals surface area contributed by atoms with Gasteiger partial charge in [0.25, 0.3) is 0 Å². The van der Waals surface area contributed by atoms with Crippen molar-refractivity contribution in [3.8, 4) is 5.75 Å². The molecule has 0 bridgehead atoms. The zero-order chi connectivity index (χ0) is 26.4. The predicted molar refractivity (Wildman–Crippen MR) is 160 cm³/mol. The summed E-state index contributed by atoms with van der Waals surface area (Å²) in [4.78, 5) is 0. The van der Waals surface area contributed by atoms with Crippen molar-refractivity contribution in [2.45, 2.75) is 116 Å². The molecule has 36 heavy (non-hydrogen) atoms. The second-order valence-electron chi connectivity index (χ2n) is 13.9. The van der Waals surface area contributed by atoms with Crippen LogP contribution < -0.4 is 4.74 Å². The summed E-state index contributed by atoms with van der Waals surface area (Å²) in [6.45, 7) is 19.2. The van der Waals surface area contributed by atoms with Gasteiger partial charge in [-0.1, -0.05) is 68.6 Å². The minimum absolute atomic E-state index is 0.167. The number of rotatable bonds is 9. The maximum Gasteiger partial charge on any atom is 0.192 e. The van der Waals surface area contributed by atoms with Crippen molar-refractivity contribution in [2.75, 3.05) is 12.4 Å². The molecule has 0 spiro atoms. The average Bonchev–Trinajstić information content (AvgIpc) is 3.15. The zero-order valence-corrected chi connectivity index (χ0v) is 26.7. The van der Waals surface area contributed by atoms with E-state index in [0.717, 1.165) is 17.5 Å². The number of hydrogen-bond donors (Lipinski definition) is 0. The number of allylic oxidation sites excluding steroid dienone is 1. The van der Waals surface area contributed by atoms with E-state index in [1.807, 2.05) is 0 Å². The zero-order valence-electron chi connectivity index (χ0n) is 24.1. The Kier molecular flexibility index (Phi) is 8.31. The Morgan fingerprint density at radius 3 is 2.56 bits per heavy atom. The summed E-state index contributed by atoms with van der Waals surface area (Å²) in [5.74, 6) is 2.89. The number of halogens is 1. The Labute approximate surface area is 231 Å². The Balaban J connectivity index is 1.74. The summed E-state index contributed by atoms with van der Waals surface area (Å²) in [7, 11) is -0.0526. The SMILES string of the molecule is C=C[C@@]12CCc3cc(OC)ccc3[C@H]1[C@@H](CCCCCBr)C[C@]1(C)[C@@H](O[Si](C)(C)C(C)(C)C)CC[C@H]12. The molecule has 0 aliphatic heterocycles. The van der Waals surface area contributed by atoms with Crippen LogP contribution in [0.3, 0.4) is 0 Å². The molecule has 2 nitrogen and oxygen atoms in total. The number of methoxy groups -OCH3 is 1. The van der Waals surface area contributed by atoms with Gasteiger partial charge in [-0.2, -0.15) is 0 Å². The fraction of sp³-hybridized carbons (Fsp3) is 0.750. The van der Waals surface area contributed by atoms with E-state index in [0.29, 0.717) is 23.9 Å². The lowest BCUT2D eigenvalue weighted by molar-refractivity contribution is -0.0772. The van der Waals surface area contributed by atoms with Crippen LogP contribution in [0.1, 0.15) is 96.1 Å². The molecule has 0 saturated heterocycles. The normalized spacial score (nSPS) is 34.0. The molecule has 2 saturated carbocycles. The Morgan fingerprint density at radius 2 is 1.92 bits per heavy atom. The van der Waals surface area contributed by atoms with Gasteiger partial charge in [0.15, 0.2) is 8.32 Å². The highest BCUT2D eigenvalue weighted by Gasteiger charge is 2.64. The van der Waals surface area contributed by atoms with Crippen LogP contribution in [0.4, 0.5) is 0 Å². The summed E-state index contributed by atoms with van der Waals surface area (Å²) in [6.07, 6.45) is 14.1. The first-order chi connectivity index (χ1) is 16.9. The number of alkyl halides is 1. The molecular formula is C32H51BrO2Si. The molecule has 0 aromatic heterocycles. The monoisotopic (exact) mass is 574 g/mol. The summed E-state index contributed by atoms with van der Waals surface area (Å²) >= 11 is 3.64.